The van der Waals surface area contributed by atoms with Gasteiger partial charge in [-0.3, -0.25) is 0 Å². The summed E-state index contributed by atoms with van der Waals surface area (Å²) in [5, 5.41) is 13.1. The van der Waals surface area contributed by atoms with Gasteiger partial charge in [-0.05, 0) is 35.8 Å². The zero-order valence-corrected chi connectivity index (χ0v) is 10.5. The lowest BCUT2D eigenvalue weighted by atomic mass is 10.2. The molecule has 0 aliphatic carbocycles. The molecule has 0 spiro atoms. The van der Waals surface area contributed by atoms with Crippen LogP contribution in [0.15, 0.2) is 22.9 Å². The number of aromatic nitrogens is 2. The van der Waals surface area contributed by atoms with Crippen LogP contribution in [0, 0.1) is 11.3 Å². The summed E-state index contributed by atoms with van der Waals surface area (Å²) < 4.78 is 8.17. The summed E-state index contributed by atoms with van der Waals surface area (Å²) in [4.78, 5) is 0. The van der Waals surface area contributed by atoms with Crippen LogP contribution in [0.25, 0.3) is 5.52 Å². The van der Waals surface area contributed by atoms with Crippen molar-refractivity contribution < 1.29 is 4.74 Å². The number of ether oxygens (including phenoxy) is 1. The molecule has 0 bridgehead atoms. The Labute approximate surface area is 102 Å². The first kappa shape index (κ1) is 11.0. The SMILES string of the molecule is CC(C)Oc1cc(Br)cn2ncc(C#N)c12. The Balaban J connectivity index is 2.69. The Morgan fingerprint density at radius 3 is 2.94 bits per heavy atom. The molecule has 2 heterocycles. The van der Waals surface area contributed by atoms with Gasteiger partial charge in [0.05, 0.1) is 12.3 Å². The van der Waals surface area contributed by atoms with Crippen LogP contribution in [0.5, 0.6) is 5.75 Å². The van der Waals surface area contributed by atoms with Crippen LogP contribution in [0.4, 0.5) is 0 Å². The van der Waals surface area contributed by atoms with E-state index in [4.69, 9.17) is 10.00 Å². The molecule has 0 fully saturated rings. The third-order valence-corrected chi connectivity index (χ3v) is 2.46. The lowest BCUT2D eigenvalue weighted by Crippen LogP contribution is -2.07. The average Bonchev–Trinajstić information content (AvgIpc) is 2.59. The minimum absolute atomic E-state index is 0.0551. The molecule has 5 heteroatoms. The third kappa shape index (κ3) is 1.89. The zero-order chi connectivity index (χ0) is 11.7. The van der Waals surface area contributed by atoms with E-state index < -0.39 is 0 Å². The maximum atomic E-state index is 8.98. The highest BCUT2D eigenvalue weighted by atomic mass is 79.9. The fourth-order valence-electron chi connectivity index (χ4n) is 1.48. The second-order valence-electron chi connectivity index (χ2n) is 3.65. The van der Waals surface area contributed by atoms with Gasteiger partial charge in [0.2, 0.25) is 0 Å². The summed E-state index contributed by atoms with van der Waals surface area (Å²) in [5.41, 5.74) is 1.22. The van der Waals surface area contributed by atoms with Crippen molar-refractivity contribution in [1.82, 2.24) is 9.61 Å². The topological polar surface area (TPSA) is 50.3 Å². The number of hydrogen-bond acceptors (Lipinski definition) is 3. The Hall–Kier alpha value is -1.54. The van der Waals surface area contributed by atoms with Crippen molar-refractivity contribution in [3.05, 3.63) is 28.5 Å². The summed E-state index contributed by atoms with van der Waals surface area (Å²) in [6.07, 6.45) is 3.39. The molecule has 2 aromatic heterocycles. The monoisotopic (exact) mass is 279 g/mol. The molecule has 0 aliphatic rings. The first-order valence-corrected chi connectivity index (χ1v) is 5.64. The number of rotatable bonds is 2. The Kier molecular flexibility index (Phi) is 2.84. The Morgan fingerprint density at radius 1 is 1.56 bits per heavy atom. The molecule has 0 N–H and O–H groups in total. The molecular weight excluding hydrogens is 270 g/mol. The maximum absolute atomic E-state index is 8.98. The summed E-state index contributed by atoms with van der Waals surface area (Å²) in [5.74, 6) is 0.665. The fraction of sp³-hybridized carbons (Fsp3) is 0.273. The lowest BCUT2D eigenvalue weighted by Gasteiger charge is -2.11. The molecule has 0 radical (unpaired) electrons. The summed E-state index contributed by atoms with van der Waals surface area (Å²) >= 11 is 3.38. The van der Waals surface area contributed by atoms with Gasteiger partial charge < -0.3 is 4.74 Å². The minimum atomic E-state index is 0.0551. The second kappa shape index (κ2) is 4.14. The molecule has 0 unspecified atom stereocenters. The van der Waals surface area contributed by atoms with E-state index in [9.17, 15) is 0 Å². The highest BCUT2D eigenvalue weighted by molar-refractivity contribution is 9.10. The van der Waals surface area contributed by atoms with Crippen LogP contribution >= 0.6 is 15.9 Å². The van der Waals surface area contributed by atoms with Crippen molar-refractivity contribution in [2.45, 2.75) is 20.0 Å². The average molecular weight is 280 g/mol. The summed E-state index contributed by atoms with van der Waals surface area (Å²) in [6.45, 7) is 3.89. The van der Waals surface area contributed by atoms with Crippen molar-refractivity contribution in [1.29, 1.82) is 5.26 Å². The van der Waals surface area contributed by atoms with Crippen LogP contribution in [0.1, 0.15) is 19.4 Å². The quantitative estimate of drug-likeness (QED) is 0.849. The fourth-order valence-corrected chi connectivity index (χ4v) is 1.88. The van der Waals surface area contributed by atoms with Gasteiger partial charge in [-0.25, -0.2) is 4.52 Å². The van der Waals surface area contributed by atoms with Gasteiger partial charge in [0.25, 0.3) is 0 Å². The van der Waals surface area contributed by atoms with Crippen LogP contribution < -0.4 is 4.74 Å². The predicted molar refractivity (Wildman–Crippen MR) is 63.4 cm³/mol. The number of nitriles is 1. The number of pyridine rings is 1. The molecule has 4 nitrogen and oxygen atoms in total. The normalized spacial score (nSPS) is 10.7. The van der Waals surface area contributed by atoms with Crippen LogP contribution in [-0.4, -0.2) is 15.7 Å². The van der Waals surface area contributed by atoms with E-state index in [0.29, 0.717) is 16.8 Å². The summed E-state index contributed by atoms with van der Waals surface area (Å²) in [7, 11) is 0. The van der Waals surface area contributed by atoms with E-state index in [1.807, 2.05) is 19.9 Å². The largest absolute Gasteiger partial charge is 0.489 e. The van der Waals surface area contributed by atoms with Crippen molar-refractivity contribution in [3.63, 3.8) is 0 Å². The third-order valence-electron chi connectivity index (χ3n) is 2.03. The van der Waals surface area contributed by atoms with E-state index in [2.05, 4.69) is 27.1 Å². The number of hydrogen-bond donors (Lipinski definition) is 0. The van der Waals surface area contributed by atoms with E-state index in [0.717, 1.165) is 4.47 Å². The van der Waals surface area contributed by atoms with Crippen LogP contribution in [-0.2, 0) is 0 Å². The first-order valence-electron chi connectivity index (χ1n) is 4.85. The van der Waals surface area contributed by atoms with Gasteiger partial charge in [-0.1, -0.05) is 0 Å². The molecule has 0 saturated heterocycles. The second-order valence-corrected chi connectivity index (χ2v) is 4.57. The number of nitrogens with zero attached hydrogens (tertiary/aromatic N) is 3. The molecule has 0 aromatic carbocycles. The van der Waals surface area contributed by atoms with Gasteiger partial charge in [-0.15, -0.1) is 0 Å². The van der Waals surface area contributed by atoms with E-state index >= 15 is 0 Å². The Morgan fingerprint density at radius 2 is 2.31 bits per heavy atom. The van der Waals surface area contributed by atoms with Gasteiger partial charge in [0, 0.05) is 10.7 Å². The van der Waals surface area contributed by atoms with E-state index in [1.165, 1.54) is 6.20 Å². The van der Waals surface area contributed by atoms with Gasteiger partial charge >= 0.3 is 0 Å². The number of halogens is 1. The predicted octanol–water partition coefficient (Wildman–Crippen LogP) is 2.76. The molecule has 0 saturated carbocycles. The van der Waals surface area contributed by atoms with Gasteiger partial charge in [0.1, 0.15) is 22.9 Å². The molecule has 16 heavy (non-hydrogen) atoms. The van der Waals surface area contributed by atoms with Gasteiger partial charge in [0.15, 0.2) is 0 Å². The molecule has 2 rings (SSSR count). The Bertz CT molecular complexity index is 568. The zero-order valence-electron chi connectivity index (χ0n) is 8.94. The van der Waals surface area contributed by atoms with Crippen molar-refractivity contribution >= 4 is 21.4 Å². The van der Waals surface area contributed by atoms with E-state index in [-0.39, 0.29) is 6.10 Å². The standard InChI is InChI=1S/C11H10BrN3O/c1-7(2)16-10-3-9(12)6-15-11(10)8(4-13)5-14-15/h3,5-7H,1-2H3. The molecule has 0 aliphatic heterocycles. The maximum Gasteiger partial charge on any atom is 0.147 e. The highest BCUT2D eigenvalue weighted by Gasteiger charge is 2.12. The van der Waals surface area contributed by atoms with E-state index in [1.54, 1.807) is 10.7 Å². The smallest absolute Gasteiger partial charge is 0.147 e. The van der Waals surface area contributed by atoms with Gasteiger partial charge in [-0.2, -0.15) is 10.4 Å². The van der Waals surface area contributed by atoms with Crippen molar-refractivity contribution in [3.8, 4) is 11.8 Å². The lowest BCUT2D eigenvalue weighted by molar-refractivity contribution is 0.244. The van der Waals surface area contributed by atoms with Crippen LogP contribution in [0.2, 0.25) is 0 Å². The highest BCUT2D eigenvalue weighted by Crippen LogP contribution is 2.27. The van der Waals surface area contributed by atoms with Crippen LogP contribution in [0.3, 0.4) is 0 Å². The molecule has 0 atom stereocenters. The molecular formula is C11H10BrN3O. The molecule has 82 valence electrons. The van der Waals surface area contributed by atoms with Crippen molar-refractivity contribution in [2.75, 3.05) is 0 Å². The number of fused-ring (bicyclic) bond motifs is 1. The summed E-state index contributed by atoms with van der Waals surface area (Å²) in [6, 6.07) is 3.95. The first-order chi connectivity index (χ1) is 7.61. The minimum Gasteiger partial charge on any atom is -0.489 e. The molecule has 2 aromatic rings. The molecule has 0 amide bonds. The van der Waals surface area contributed by atoms with Crippen molar-refractivity contribution in [2.24, 2.45) is 0 Å².